The van der Waals surface area contributed by atoms with E-state index in [0.717, 1.165) is 0 Å². The van der Waals surface area contributed by atoms with Crippen molar-refractivity contribution in [1.29, 1.82) is 0 Å². The predicted octanol–water partition coefficient (Wildman–Crippen LogP) is -2.12. The minimum absolute atomic E-state index is 0.106. The topological polar surface area (TPSA) is 131 Å². The molecule has 1 saturated heterocycles. The number of aliphatic carboxylic acids is 1. The number of carbonyl (C=O) groups excluding carboxylic acids is 2. The molecule has 9 heteroatoms. The quantitative estimate of drug-likeness (QED) is 0.371. The molecule has 0 radical (unpaired) electrons. The first kappa shape index (κ1) is 15.7. The summed E-state index contributed by atoms with van der Waals surface area (Å²) in [6.45, 7) is 1.55. The third-order valence-electron chi connectivity index (χ3n) is 1.63. The van der Waals surface area contributed by atoms with Crippen LogP contribution in [0.4, 0.5) is 0 Å². The molecule has 0 unspecified atom stereocenters. The van der Waals surface area contributed by atoms with Gasteiger partial charge >= 0.3 is 5.97 Å². The molecule has 8 nitrogen and oxygen atoms in total. The number of nitrogens with two attached hydrogens (primary N) is 1. The van der Waals surface area contributed by atoms with Crippen LogP contribution < -0.4 is 16.5 Å². The Hall–Kier alpha value is -1.32. The van der Waals surface area contributed by atoms with Crippen LogP contribution in [0.25, 0.3) is 0 Å². The number of carboxylic acid groups (broad SMARTS) is 1. The molecule has 2 amide bonds. The van der Waals surface area contributed by atoms with Crippen molar-refractivity contribution in [2.75, 3.05) is 12.4 Å². The molecule has 1 heterocycles. The fourth-order valence-electron chi connectivity index (χ4n) is 0.785. The molecule has 17 heavy (non-hydrogen) atoms. The van der Waals surface area contributed by atoms with Crippen LogP contribution >= 0.6 is 12.6 Å². The number of hydrogen-bond donors (Lipinski definition) is 5. The molecule has 1 rings (SSSR count). The van der Waals surface area contributed by atoms with Crippen molar-refractivity contribution in [2.45, 2.75) is 19.0 Å². The summed E-state index contributed by atoms with van der Waals surface area (Å²) < 4.78 is 0. The second-order valence-electron chi connectivity index (χ2n) is 3.16. The number of hydrogen-bond acceptors (Lipinski definition) is 6. The van der Waals surface area contributed by atoms with E-state index in [1.165, 1.54) is 6.92 Å². The largest absolute Gasteiger partial charge is 0.480 e. The number of hydroxylamine groups is 1. The molecule has 5 N–H and O–H groups in total. The highest BCUT2D eigenvalue weighted by Gasteiger charge is 2.19. The molecule has 2 atom stereocenters. The van der Waals surface area contributed by atoms with Gasteiger partial charge in [-0.2, -0.15) is 12.6 Å². The Labute approximate surface area is 103 Å². The molecule has 98 valence electrons. The van der Waals surface area contributed by atoms with Crippen LogP contribution in [0.1, 0.15) is 6.92 Å². The van der Waals surface area contributed by atoms with Crippen molar-refractivity contribution < 1.29 is 24.3 Å². The predicted molar refractivity (Wildman–Crippen MR) is 61.2 cm³/mol. The molecule has 1 fully saturated rings. The fraction of sp³-hybridized carbons (Fsp3) is 0.625. The van der Waals surface area contributed by atoms with Gasteiger partial charge < -0.3 is 16.2 Å². The molecule has 1 aliphatic rings. The van der Waals surface area contributed by atoms with Gasteiger partial charge in [0, 0.05) is 12.7 Å². The van der Waals surface area contributed by atoms with Gasteiger partial charge in [-0.25, -0.2) is 10.3 Å². The van der Waals surface area contributed by atoms with Crippen LogP contribution in [0.2, 0.25) is 0 Å². The highest BCUT2D eigenvalue weighted by molar-refractivity contribution is 7.80. The van der Waals surface area contributed by atoms with Gasteiger partial charge in [-0.15, -0.1) is 0 Å². The van der Waals surface area contributed by atoms with Gasteiger partial charge in [-0.05, 0) is 0 Å². The van der Waals surface area contributed by atoms with E-state index in [0.29, 0.717) is 6.61 Å². The zero-order chi connectivity index (χ0) is 13.4. The number of nitrogens with one attached hydrogen (secondary N) is 2. The first-order chi connectivity index (χ1) is 7.88. The van der Waals surface area contributed by atoms with Gasteiger partial charge in [0.1, 0.15) is 12.1 Å². The monoisotopic (exact) mass is 265 g/mol. The van der Waals surface area contributed by atoms with Crippen molar-refractivity contribution in [3.8, 4) is 0 Å². The van der Waals surface area contributed by atoms with Crippen LogP contribution in [0.15, 0.2) is 0 Å². The van der Waals surface area contributed by atoms with E-state index in [4.69, 9.17) is 10.8 Å². The van der Waals surface area contributed by atoms with E-state index in [1.54, 1.807) is 0 Å². The number of rotatable bonds is 3. The number of carboxylic acids is 1. The van der Waals surface area contributed by atoms with Crippen LogP contribution in [0, 0.1) is 0 Å². The molecule has 0 aromatic heterocycles. The number of carbonyl (C=O) groups is 3. The van der Waals surface area contributed by atoms with E-state index in [-0.39, 0.29) is 17.6 Å². The average molecular weight is 265 g/mol. The summed E-state index contributed by atoms with van der Waals surface area (Å²) in [6.07, 6.45) is 0. The van der Waals surface area contributed by atoms with E-state index in [1.807, 2.05) is 0 Å². The summed E-state index contributed by atoms with van der Waals surface area (Å²) in [4.78, 5) is 35.2. The first-order valence-corrected chi connectivity index (χ1v) is 5.29. The number of thiol groups is 1. The van der Waals surface area contributed by atoms with Crippen molar-refractivity contribution in [3.05, 3.63) is 0 Å². The Morgan fingerprint density at radius 1 is 1.76 bits per heavy atom. The van der Waals surface area contributed by atoms with Crippen LogP contribution in [-0.2, 0) is 19.2 Å². The highest BCUT2D eigenvalue weighted by atomic mass is 32.1. The lowest BCUT2D eigenvalue weighted by atomic mass is 10.3. The second-order valence-corrected chi connectivity index (χ2v) is 3.52. The van der Waals surface area contributed by atoms with Gasteiger partial charge in [0.2, 0.25) is 5.91 Å². The summed E-state index contributed by atoms with van der Waals surface area (Å²) in [6, 6.07) is -1.33. The Morgan fingerprint density at radius 3 is 2.47 bits per heavy atom. The zero-order valence-electron chi connectivity index (χ0n) is 9.17. The minimum atomic E-state index is -1.06. The summed E-state index contributed by atoms with van der Waals surface area (Å²) in [5.41, 5.74) is 7.25. The first-order valence-electron chi connectivity index (χ1n) is 4.66. The van der Waals surface area contributed by atoms with E-state index in [2.05, 4.69) is 28.3 Å². The van der Waals surface area contributed by atoms with Gasteiger partial charge in [-0.3, -0.25) is 14.4 Å². The molecular weight excluding hydrogens is 250 g/mol. The Balaban J connectivity index is 0.000000318. The van der Waals surface area contributed by atoms with Gasteiger partial charge in [0.25, 0.3) is 5.91 Å². The smallest absolute Gasteiger partial charge is 0.327 e. The van der Waals surface area contributed by atoms with E-state index >= 15 is 0 Å². The molecular formula is C8H15N3O5S. The van der Waals surface area contributed by atoms with E-state index < -0.39 is 18.1 Å². The molecule has 0 saturated carbocycles. The summed E-state index contributed by atoms with van der Waals surface area (Å²) in [5, 5.41) is 10.6. The van der Waals surface area contributed by atoms with Crippen molar-refractivity contribution in [2.24, 2.45) is 5.73 Å². The Kier molecular flexibility index (Phi) is 7.26. The Morgan fingerprint density at radius 2 is 2.35 bits per heavy atom. The zero-order valence-corrected chi connectivity index (χ0v) is 10.1. The lowest BCUT2D eigenvalue weighted by molar-refractivity contribution is -0.140. The third kappa shape index (κ3) is 6.76. The minimum Gasteiger partial charge on any atom is -0.480 e. The summed E-state index contributed by atoms with van der Waals surface area (Å²) in [7, 11) is 0. The maximum Gasteiger partial charge on any atom is 0.327 e. The van der Waals surface area contributed by atoms with Crippen molar-refractivity contribution in [3.63, 3.8) is 0 Å². The molecule has 1 aliphatic heterocycles. The normalized spacial score (nSPS) is 19.7. The lowest BCUT2D eigenvalue weighted by Gasteiger charge is -2.08. The van der Waals surface area contributed by atoms with Gasteiger partial charge in [0.05, 0.1) is 6.61 Å². The van der Waals surface area contributed by atoms with Crippen LogP contribution in [0.3, 0.4) is 0 Å². The van der Waals surface area contributed by atoms with Crippen LogP contribution in [0.5, 0.6) is 0 Å². The number of amides is 2. The highest BCUT2D eigenvalue weighted by Crippen LogP contribution is 1.87. The molecule has 0 aliphatic carbocycles. The Bertz CT molecular complexity index is 299. The molecule has 0 spiro atoms. The fourth-order valence-corrected chi connectivity index (χ4v) is 1.03. The lowest BCUT2D eigenvalue weighted by Crippen LogP contribution is -2.40. The van der Waals surface area contributed by atoms with Gasteiger partial charge in [-0.1, -0.05) is 0 Å². The van der Waals surface area contributed by atoms with Crippen LogP contribution in [-0.4, -0.2) is 47.3 Å². The standard InChI is InChI=1S/C5H9NO3S.C3H6N2O2/c1-3(7)6-4(2-10)5(8)9;4-2-1-7-5-3(2)6/h4,10H,2H2,1H3,(H,6,7)(H,8,9);2H,1,4H2,(H,5,6)/t4-;2-/m01/s1. The SMILES string of the molecule is CC(=O)N[C@@H](CS)C(=O)O.N[C@@H]1CONC1=O. The summed E-state index contributed by atoms with van der Waals surface area (Å²) in [5.74, 6) is -1.55. The van der Waals surface area contributed by atoms with Crippen molar-refractivity contribution >= 4 is 30.4 Å². The average Bonchev–Trinajstić information content (AvgIpc) is 2.60. The maximum absolute atomic E-state index is 10.3. The van der Waals surface area contributed by atoms with Crippen molar-refractivity contribution in [1.82, 2.24) is 10.8 Å². The molecule has 0 bridgehead atoms. The van der Waals surface area contributed by atoms with Gasteiger partial charge in [0.15, 0.2) is 0 Å². The molecule has 0 aromatic rings. The maximum atomic E-state index is 10.3. The summed E-state index contributed by atoms with van der Waals surface area (Å²) >= 11 is 3.73. The molecule has 0 aromatic carbocycles. The van der Waals surface area contributed by atoms with E-state index in [9.17, 15) is 14.4 Å². The third-order valence-corrected chi connectivity index (χ3v) is 2.00. The second kappa shape index (κ2) is 7.87.